The largest absolute Gasteiger partial charge is 0.483 e. The summed E-state index contributed by atoms with van der Waals surface area (Å²) in [5, 5.41) is 2.86. The third-order valence-electron chi connectivity index (χ3n) is 3.29. The van der Waals surface area contributed by atoms with Gasteiger partial charge in [-0.2, -0.15) is 0 Å². The van der Waals surface area contributed by atoms with Gasteiger partial charge in [0, 0.05) is 12.1 Å². The van der Waals surface area contributed by atoms with Gasteiger partial charge in [-0.25, -0.2) is 0 Å². The Balaban J connectivity index is 2.58. The number of aryl methyl sites for hydroxylation is 1. The zero-order valence-electron chi connectivity index (χ0n) is 14.8. The van der Waals surface area contributed by atoms with Crippen LogP contribution in [0.3, 0.4) is 0 Å². The van der Waals surface area contributed by atoms with Gasteiger partial charge < -0.3 is 15.0 Å². The smallest absolute Gasteiger partial charge is 0.260 e. The Labute approximate surface area is 139 Å². The van der Waals surface area contributed by atoms with Crippen LogP contribution in [-0.4, -0.2) is 41.9 Å². The normalized spacial score (nSPS) is 11.0. The van der Waals surface area contributed by atoms with Crippen LogP contribution < -0.4 is 10.1 Å². The number of nitrogens with one attached hydrogen (secondary N) is 1. The molecule has 1 N–H and O–H groups in total. The fourth-order valence-electron chi connectivity index (χ4n) is 2.17. The molecule has 1 rings (SSSR count). The molecule has 5 heteroatoms. The minimum Gasteiger partial charge on any atom is -0.483 e. The van der Waals surface area contributed by atoms with E-state index in [4.69, 9.17) is 4.74 Å². The first kappa shape index (κ1) is 19.0. The van der Waals surface area contributed by atoms with Crippen molar-refractivity contribution in [3.8, 4) is 5.75 Å². The number of nitrogens with zero attached hydrogens (tertiary/aromatic N) is 1. The summed E-state index contributed by atoms with van der Waals surface area (Å²) in [5.41, 5.74) is 0.754. The van der Waals surface area contributed by atoms with Crippen molar-refractivity contribution in [1.29, 1.82) is 0 Å². The quantitative estimate of drug-likeness (QED) is 0.839. The van der Waals surface area contributed by atoms with Gasteiger partial charge in [-0.3, -0.25) is 9.59 Å². The van der Waals surface area contributed by atoms with Crippen molar-refractivity contribution in [1.82, 2.24) is 10.2 Å². The molecule has 0 aliphatic heterocycles. The van der Waals surface area contributed by atoms with Crippen molar-refractivity contribution in [2.45, 2.75) is 46.6 Å². The maximum absolute atomic E-state index is 12.3. The molecule has 2 amide bonds. The number of amides is 2. The standard InChI is InChI=1S/C18H28N2O3/c1-6-14-10-8-9-11-15(14)23-13-17(22)20(7-2)12-16(21)19-18(3,4)5/h8-11H,6-7,12-13H2,1-5H3,(H,19,21). The third kappa shape index (κ3) is 6.72. The molecule has 23 heavy (non-hydrogen) atoms. The van der Waals surface area contributed by atoms with Crippen LogP contribution in [0.1, 0.15) is 40.2 Å². The monoisotopic (exact) mass is 320 g/mol. The summed E-state index contributed by atoms with van der Waals surface area (Å²) < 4.78 is 5.63. The number of hydrogen-bond acceptors (Lipinski definition) is 3. The van der Waals surface area contributed by atoms with Gasteiger partial charge in [0.1, 0.15) is 5.75 Å². The zero-order valence-corrected chi connectivity index (χ0v) is 14.8. The van der Waals surface area contributed by atoms with E-state index in [0.717, 1.165) is 17.7 Å². The molecule has 0 atom stereocenters. The van der Waals surface area contributed by atoms with Crippen LogP contribution in [0.15, 0.2) is 24.3 Å². The first-order valence-electron chi connectivity index (χ1n) is 8.06. The molecule has 1 aromatic carbocycles. The predicted molar refractivity (Wildman–Crippen MR) is 91.5 cm³/mol. The van der Waals surface area contributed by atoms with Crippen LogP contribution in [0.4, 0.5) is 0 Å². The van der Waals surface area contributed by atoms with Crippen LogP contribution in [0, 0.1) is 0 Å². The number of benzene rings is 1. The van der Waals surface area contributed by atoms with Crippen molar-refractivity contribution in [2.75, 3.05) is 19.7 Å². The van der Waals surface area contributed by atoms with Gasteiger partial charge in [0.05, 0.1) is 6.54 Å². The maximum Gasteiger partial charge on any atom is 0.260 e. The van der Waals surface area contributed by atoms with Crippen LogP contribution in [-0.2, 0) is 16.0 Å². The SMILES string of the molecule is CCc1ccccc1OCC(=O)N(CC)CC(=O)NC(C)(C)C. The molecular weight excluding hydrogens is 292 g/mol. The number of ether oxygens (including phenoxy) is 1. The van der Waals surface area contributed by atoms with Crippen molar-refractivity contribution >= 4 is 11.8 Å². The van der Waals surface area contributed by atoms with E-state index in [1.54, 1.807) is 0 Å². The molecule has 0 aliphatic rings. The number of likely N-dealkylation sites (N-methyl/N-ethyl adjacent to an activating group) is 1. The Hall–Kier alpha value is -2.04. The van der Waals surface area contributed by atoms with Gasteiger partial charge in [-0.1, -0.05) is 25.1 Å². The molecular formula is C18H28N2O3. The molecule has 0 aromatic heterocycles. The molecule has 5 nitrogen and oxygen atoms in total. The van der Waals surface area contributed by atoms with Gasteiger partial charge in [0.15, 0.2) is 6.61 Å². The van der Waals surface area contributed by atoms with E-state index in [2.05, 4.69) is 5.32 Å². The Morgan fingerprint density at radius 1 is 1.17 bits per heavy atom. The van der Waals surface area contributed by atoms with Crippen LogP contribution >= 0.6 is 0 Å². The van der Waals surface area contributed by atoms with Crippen molar-refractivity contribution < 1.29 is 14.3 Å². The Morgan fingerprint density at radius 3 is 2.39 bits per heavy atom. The third-order valence-corrected chi connectivity index (χ3v) is 3.29. The summed E-state index contributed by atoms with van der Waals surface area (Å²) in [4.78, 5) is 25.7. The molecule has 0 saturated heterocycles. The minimum atomic E-state index is -0.309. The number of para-hydroxylation sites is 1. The Bertz CT molecular complexity index is 535. The minimum absolute atomic E-state index is 0.0470. The van der Waals surface area contributed by atoms with Gasteiger partial charge in [-0.05, 0) is 45.7 Å². The second-order valence-corrected chi connectivity index (χ2v) is 6.46. The van der Waals surface area contributed by atoms with E-state index >= 15 is 0 Å². The fourth-order valence-corrected chi connectivity index (χ4v) is 2.17. The first-order valence-corrected chi connectivity index (χ1v) is 8.06. The molecule has 0 saturated carbocycles. The van der Waals surface area contributed by atoms with Crippen molar-refractivity contribution in [2.24, 2.45) is 0 Å². The molecule has 0 spiro atoms. The lowest BCUT2D eigenvalue weighted by Gasteiger charge is -2.25. The highest BCUT2D eigenvalue weighted by molar-refractivity contribution is 5.85. The topological polar surface area (TPSA) is 58.6 Å². The van der Waals surface area contributed by atoms with Crippen molar-refractivity contribution in [3.05, 3.63) is 29.8 Å². The number of hydrogen-bond donors (Lipinski definition) is 1. The van der Waals surface area contributed by atoms with Crippen LogP contribution in [0.5, 0.6) is 5.75 Å². The molecule has 0 aliphatic carbocycles. The van der Waals surface area contributed by atoms with Crippen molar-refractivity contribution in [3.63, 3.8) is 0 Å². The highest BCUT2D eigenvalue weighted by Gasteiger charge is 2.19. The molecule has 0 fully saturated rings. The van der Waals surface area contributed by atoms with E-state index in [1.165, 1.54) is 4.90 Å². The summed E-state index contributed by atoms with van der Waals surface area (Å²) in [6.45, 7) is 10.1. The zero-order chi connectivity index (χ0) is 17.5. The summed E-state index contributed by atoms with van der Waals surface area (Å²) in [7, 11) is 0. The Kier molecular flexibility index (Phi) is 7.07. The maximum atomic E-state index is 12.3. The lowest BCUT2D eigenvalue weighted by atomic mass is 10.1. The molecule has 1 aromatic rings. The van der Waals surface area contributed by atoms with Gasteiger partial charge in [0.2, 0.25) is 5.91 Å². The van der Waals surface area contributed by atoms with E-state index in [1.807, 2.05) is 58.9 Å². The summed E-state index contributed by atoms with van der Waals surface area (Å²) >= 11 is 0. The highest BCUT2D eigenvalue weighted by Crippen LogP contribution is 2.18. The second-order valence-electron chi connectivity index (χ2n) is 6.46. The summed E-state index contributed by atoms with van der Waals surface area (Å²) in [5.74, 6) is 0.364. The predicted octanol–water partition coefficient (Wildman–Crippen LogP) is 2.39. The number of rotatable bonds is 7. The van der Waals surface area contributed by atoms with Gasteiger partial charge in [-0.15, -0.1) is 0 Å². The molecule has 0 radical (unpaired) electrons. The second kappa shape index (κ2) is 8.56. The lowest BCUT2D eigenvalue weighted by Crippen LogP contribution is -2.48. The average Bonchev–Trinajstić information content (AvgIpc) is 2.48. The van der Waals surface area contributed by atoms with E-state index in [-0.39, 0.29) is 30.5 Å². The van der Waals surface area contributed by atoms with Crippen LogP contribution in [0.25, 0.3) is 0 Å². The first-order chi connectivity index (χ1) is 10.8. The average molecular weight is 320 g/mol. The highest BCUT2D eigenvalue weighted by atomic mass is 16.5. The summed E-state index contributed by atoms with van der Waals surface area (Å²) in [6, 6.07) is 7.67. The summed E-state index contributed by atoms with van der Waals surface area (Å²) in [6.07, 6.45) is 0.843. The number of carbonyl (C=O) groups is 2. The number of carbonyl (C=O) groups excluding carboxylic acids is 2. The van der Waals surface area contributed by atoms with Crippen LogP contribution in [0.2, 0.25) is 0 Å². The lowest BCUT2D eigenvalue weighted by molar-refractivity contribution is -0.137. The molecule has 0 unspecified atom stereocenters. The van der Waals surface area contributed by atoms with E-state index in [0.29, 0.717) is 6.54 Å². The van der Waals surface area contributed by atoms with Gasteiger partial charge >= 0.3 is 0 Å². The fraction of sp³-hybridized carbons (Fsp3) is 0.556. The molecule has 0 bridgehead atoms. The molecule has 0 heterocycles. The van der Waals surface area contributed by atoms with Gasteiger partial charge in [0.25, 0.3) is 5.91 Å². The van der Waals surface area contributed by atoms with E-state index in [9.17, 15) is 9.59 Å². The molecule has 128 valence electrons. The van der Waals surface area contributed by atoms with E-state index < -0.39 is 0 Å². The Morgan fingerprint density at radius 2 is 1.83 bits per heavy atom.